The quantitative estimate of drug-likeness (QED) is 0.835. The molecular formula is C12H10Cl2N2. The lowest BCUT2D eigenvalue weighted by molar-refractivity contribution is 1.33. The standard InChI is InChI=1S/C12H10Cl2N2/c1-7-2-3-8(4-11(7)14)10-5-9(13)6-16-12(10)15/h2-6H,1H3,(H2,15,16). The van der Waals surface area contributed by atoms with Gasteiger partial charge in [-0.1, -0.05) is 35.3 Å². The van der Waals surface area contributed by atoms with Gasteiger partial charge in [-0.15, -0.1) is 0 Å². The molecule has 1 aromatic carbocycles. The predicted octanol–water partition coefficient (Wildman–Crippen LogP) is 3.95. The minimum atomic E-state index is 0.448. The smallest absolute Gasteiger partial charge is 0.131 e. The van der Waals surface area contributed by atoms with Crippen LogP contribution < -0.4 is 5.73 Å². The number of hydrogen-bond acceptors (Lipinski definition) is 2. The molecule has 0 aliphatic carbocycles. The van der Waals surface area contributed by atoms with Crippen molar-refractivity contribution in [2.24, 2.45) is 0 Å². The molecule has 82 valence electrons. The molecule has 0 bridgehead atoms. The van der Waals surface area contributed by atoms with Crippen LogP contribution in [0.2, 0.25) is 10.0 Å². The van der Waals surface area contributed by atoms with Crippen LogP contribution in [-0.2, 0) is 0 Å². The van der Waals surface area contributed by atoms with Crippen LogP contribution in [0.15, 0.2) is 30.5 Å². The molecule has 0 aliphatic heterocycles. The number of aromatic nitrogens is 1. The van der Waals surface area contributed by atoms with Crippen LogP contribution in [0.5, 0.6) is 0 Å². The van der Waals surface area contributed by atoms with Crippen molar-refractivity contribution < 1.29 is 0 Å². The highest BCUT2D eigenvalue weighted by Crippen LogP contribution is 2.29. The van der Waals surface area contributed by atoms with Gasteiger partial charge < -0.3 is 5.73 Å². The van der Waals surface area contributed by atoms with E-state index in [1.54, 1.807) is 6.07 Å². The molecule has 2 nitrogen and oxygen atoms in total. The van der Waals surface area contributed by atoms with E-state index in [9.17, 15) is 0 Å². The monoisotopic (exact) mass is 252 g/mol. The van der Waals surface area contributed by atoms with Crippen molar-refractivity contribution in [1.29, 1.82) is 0 Å². The predicted molar refractivity (Wildman–Crippen MR) is 68.8 cm³/mol. The van der Waals surface area contributed by atoms with Gasteiger partial charge in [-0.2, -0.15) is 0 Å². The van der Waals surface area contributed by atoms with Crippen LogP contribution >= 0.6 is 23.2 Å². The molecule has 4 heteroatoms. The van der Waals surface area contributed by atoms with Gasteiger partial charge in [-0.25, -0.2) is 4.98 Å². The Morgan fingerprint density at radius 1 is 1.19 bits per heavy atom. The minimum absolute atomic E-state index is 0.448. The summed E-state index contributed by atoms with van der Waals surface area (Å²) in [5, 5.41) is 1.26. The number of hydrogen-bond donors (Lipinski definition) is 1. The zero-order chi connectivity index (χ0) is 11.7. The summed E-state index contributed by atoms with van der Waals surface area (Å²) >= 11 is 11.9. The Balaban J connectivity index is 2.58. The number of nitrogen functional groups attached to an aromatic ring is 1. The second-order valence-electron chi connectivity index (χ2n) is 3.55. The van der Waals surface area contributed by atoms with Gasteiger partial charge in [0, 0.05) is 16.8 Å². The van der Waals surface area contributed by atoms with Crippen molar-refractivity contribution in [1.82, 2.24) is 4.98 Å². The van der Waals surface area contributed by atoms with Crippen LogP contribution in [0, 0.1) is 6.92 Å². The van der Waals surface area contributed by atoms with Gasteiger partial charge in [-0.3, -0.25) is 0 Å². The van der Waals surface area contributed by atoms with Crippen LogP contribution in [0.3, 0.4) is 0 Å². The molecule has 0 spiro atoms. The van der Waals surface area contributed by atoms with Crippen molar-refractivity contribution in [2.75, 3.05) is 5.73 Å². The summed E-state index contributed by atoms with van der Waals surface area (Å²) in [7, 11) is 0. The minimum Gasteiger partial charge on any atom is -0.383 e. The first kappa shape index (κ1) is 11.2. The van der Waals surface area contributed by atoms with E-state index in [2.05, 4.69) is 4.98 Å². The Hall–Kier alpha value is -1.25. The molecule has 0 amide bonds. The number of pyridine rings is 1. The highest BCUT2D eigenvalue weighted by molar-refractivity contribution is 6.32. The van der Waals surface area contributed by atoms with Gasteiger partial charge in [0.2, 0.25) is 0 Å². The van der Waals surface area contributed by atoms with Gasteiger partial charge >= 0.3 is 0 Å². The maximum absolute atomic E-state index is 6.06. The normalized spacial score (nSPS) is 10.4. The fourth-order valence-electron chi connectivity index (χ4n) is 1.44. The molecule has 2 rings (SSSR count). The Labute approximate surface area is 104 Å². The molecule has 0 saturated carbocycles. The zero-order valence-electron chi connectivity index (χ0n) is 8.67. The number of nitrogens with two attached hydrogens (primary N) is 1. The second kappa shape index (κ2) is 4.32. The van der Waals surface area contributed by atoms with E-state index < -0.39 is 0 Å². The van der Waals surface area contributed by atoms with Gasteiger partial charge in [-0.05, 0) is 30.2 Å². The van der Waals surface area contributed by atoms with Crippen LogP contribution in [0.25, 0.3) is 11.1 Å². The molecule has 0 fully saturated rings. The van der Waals surface area contributed by atoms with E-state index in [4.69, 9.17) is 28.9 Å². The second-order valence-corrected chi connectivity index (χ2v) is 4.39. The van der Waals surface area contributed by atoms with Crippen LogP contribution in [-0.4, -0.2) is 4.98 Å². The number of halogens is 2. The first-order valence-corrected chi connectivity index (χ1v) is 5.51. The van der Waals surface area contributed by atoms with Crippen molar-refractivity contribution in [3.8, 4) is 11.1 Å². The average molecular weight is 253 g/mol. The maximum atomic E-state index is 6.06. The Bertz CT molecular complexity index is 539. The fraction of sp³-hybridized carbons (Fsp3) is 0.0833. The first-order chi connectivity index (χ1) is 7.58. The first-order valence-electron chi connectivity index (χ1n) is 4.75. The van der Waals surface area contributed by atoms with E-state index in [1.807, 2.05) is 25.1 Å². The summed E-state index contributed by atoms with van der Waals surface area (Å²) in [6.45, 7) is 1.95. The summed E-state index contributed by atoms with van der Waals surface area (Å²) in [4.78, 5) is 4.01. The van der Waals surface area contributed by atoms with Gasteiger partial charge in [0.1, 0.15) is 5.82 Å². The Kier molecular flexibility index (Phi) is 3.03. The highest BCUT2D eigenvalue weighted by atomic mass is 35.5. The summed E-state index contributed by atoms with van der Waals surface area (Å²) < 4.78 is 0. The number of rotatable bonds is 1. The third-order valence-electron chi connectivity index (χ3n) is 2.37. The lowest BCUT2D eigenvalue weighted by Crippen LogP contribution is -1.93. The molecule has 1 heterocycles. The SMILES string of the molecule is Cc1ccc(-c2cc(Cl)cnc2N)cc1Cl. The van der Waals surface area contributed by atoms with Gasteiger partial charge in [0.25, 0.3) is 0 Å². The summed E-state index contributed by atoms with van der Waals surface area (Å²) in [5.74, 6) is 0.448. The molecule has 2 aromatic rings. The van der Waals surface area contributed by atoms with Crippen molar-refractivity contribution in [3.05, 3.63) is 46.1 Å². The third-order valence-corrected chi connectivity index (χ3v) is 2.98. The number of benzene rings is 1. The number of anilines is 1. The van der Waals surface area contributed by atoms with Crippen molar-refractivity contribution in [2.45, 2.75) is 6.92 Å². The number of nitrogens with zero attached hydrogens (tertiary/aromatic N) is 1. The third kappa shape index (κ3) is 2.13. The fourth-order valence-corrected chi connectivity index (χ4v) is 1.78. The van der Waals surface area contributed by atoms with E-state index >= 15 is 0 Å². The molecular weight excluding hydrogens is 243 g/mol. The summed E-state index contributed by atoms with van der Waals surface area (Å²) in [5.41, 5.74) is 8.54. The molecule has 1 aromatic heterocycles. The summed E-state index contributed by atoms with van der Waals surface area (Å²) in [6, 6.07) is 7.54. The van der Waals surface area contributed by atoms with E-state index in [-0.39, 0.29) is 0 Å². The van der Waals surface area contributed by atoms with E-state index in [0.29, 0.717) is 15.9 Å². The summed E-state index contributed by atoms with van der Waals surface area (Å²) in [6.07, 6.45) is 1.52. The van der Waals surface area contributed by atoms with Crippen molar-refractivity contribution in [3.63, 3.8) is 0 Å². The lowest BCUT2D eigenvalue weighted by atomic mass is 10.1. The van der Waals surface area contributed by atoms with Crippen molar-refractivity contribution >= 4 is 29.0 Å². The molecule has 0 radical (unpaired) electrons. The zero-order valence-corrected chi connectivity index (χ0v) is 10.2. The van der Waals surface area contributed by atoms with Crippen LogP contribution in [0.1, 0.15) is 5.56 Å². The Morgan fingerprint density at radius 2 is 1.94 bits per heavy atom. The van der Waals surface area contributed by atoms with Gasteiger partial charge in [0.05, 0.1) is 5.02 Å². The molecule has 16 heavy (non-hydrogen) atoms. The molecule has 0 unspecified atom stereocenters. The lowest BCUT2D eigenvalue weighted by Gasteiger charge is -2.07. The van der Waals surface area contributed by atoms with Gasteiger partial charge in [0.15, 0.2) is 0 Å². The largest absolute Gasteiger partial charge is 0.383 e. The molecule has 2 N–H and O–H groups in total. The topological polar surface area (TPSA) is 38.9 Å². The molecule has 0 atom stereocenters. The Morgan fingerprint density at radius 3 is 2.62 bits per heavy atom. The highest BCUT2D eigenvalue weighted by Gasteiger charge is 2.06. The van der Waals surface area contributed by atoms with Crippen LogP contribution in [0.4, 0.5) is 5.82 Å². The average Bonchev–Trinajstić information content (AvgIpc) is 2.26. The molecule has 0 aliphatic rings. The molecule has 0 saturated heterocycles. The van der Waals surface area contributed by atoms with E-state index in [0.717, 1.165) is 16.7 Å². The maximum Gasteiger partial charge on any atom is 0.131 e. The number of aryl methyl sites for hydroxylation is 1. The van der Waals surface area contributed by atoms with E-state index in [1.165, 1.54) is 6.20 Å².